The van der Waals surface area contributed by atoms with E-state index in [9.17, 15) is 0 Å². The van der Waals surface area contributed by atoms with Gasteiger partial charge in [-0.15, -0.1) is 0 Å². The number of aromatic nitrogens is 2. The van der Waals surface area contributed by atoms with Gasteiger partial charge in [-0.25, -0.2) is 4.98 Å². The molecule has 0 saturated heterocycles. The molecule has 0 aliphatic carbocycles. The van der Waals surface area contributed by atoms with Gasteiger partial charge in [0.25, 0.3) is 0 Å². The summed E-state index contributed by atoms with van der Waals surface area (Å²) in [5.41, 5.74) is 2.37. The van der Waals surface area contributed by atoms with Gasteiger partial charge in [-0.05, 0) is 23.6 Å². The summed E-state index contributed by atoms with van der Waals surface area (Å²) in [5.74, 6) is 0.576. The summed E-state index contributed by atoms with van der Waals surface area (Å²) in [5, 5.41) is 0. The van der Waals surface area contributed by atoms with E-state index < -0.39 is 0 Å². The molecule has 0 amide bonds. The van der Waals surface area contributed by atoms with Gasteiger partial charge >= 0.3 is 0 Å². The Morgan fingerprint density at radius 3 is 2.92 bits per heavy atom. The zero-order valence-electron chi connectivity index (χ0n) is 7.36. The molecule has 2 rings (SSSR count). The van der Waals surface area contributed by atoms with Crippen LogP contribution in [0.4, 0.5) is 0 Å². The molecule has 0 spiro atoms. The third-order valence-electron chi connectivity index (χ3n) is 2.09. The maximum atomic E-state index is 4.22. The lowest BCUT2D eigenvalue weighted by Crippen LogP contribution is -1.90. The fraction of sp³-hybridized carbons (Fsp3) is 0.300. The van der Waals surface area contributed by atoms with Crippen molar-refractivity contribution in [1.82, 2.24) is 9.38 Å². The van der Waals surface area contributed by atoms with Crippen molar-refractivity contribution in [2.75, 3.05) is 0 Å². The Morgan fingerprint density at radius 1 is 1.33 bits per heavy atom. The summed E-state index contributed by atoms with van der Waals surface area (Å²) in [6, 6.07) is 4.27. The first kappa shape index (κ1) is 7.35. The van der Waals surface area contributed by atoms with Crippen molar-refractivity contribution in [1.29, 1.82) is 0 Å². The Bertz CT molecular complexity index is 387. The molecule has 0 bridgehead atoms. The van der Waals surface area contributed by atoms with Gasteiger partial charge in [-0.1, -0.05) is 13.8 Å². The Kier molecular flexibility index (Phi) is 1.61. The van der Waals surface area contributed by atoms with Crippen LogP contribution in [0.3, 0.4) is 0 Å². The van der Waals surface area contributed by atoms with Crippen molar-refractivity contribution in [2.24, 2.45) is 0 Å². The topological polar surface area (TPSA) is 17.3 Å². The zero-order valence-corrected chi connectivity index (χ0v) is 7.36. The van der Waals surface area contributed by atoms with Crippen LogP contribution in [0.15, 0.2) is 30.7 Å². The van der Waals surface area contributed by atoms with Crippen LogP contribution in [0.2, 0.25) is 0 Å². The molecule has 0 unspecified atom stereocenters. The number of nitrogens with zero attached hydrogens (tertiary/aromatic N) is 2. The minimum Gasteiger partial charge on any atom is -0.307 e. The highest BCUT2D eigenvalue weighted by molar-refractivity contribution is 5.41. The van der Waals surface area contributed by atoms with E-state index in [1.807, 2.05) is 16.8 Å². The number of hydrogen-bond acceptors (Lipinski definition) is 1. The first-order valence-corrected chi connectivity index (χ1v) is 4.20. The SMILES string of the molecule is CC(C)c1ccn2ccnc2c1. The molecule has 12 heavy (non-hydrogen) atoms. The zero-order chi connectivity index (χ0) is 8.55. The third-order valence-corrected chi connectivity index (χ3v) is 2.09. The normalized spacial score (nSPS) is 11.2. The highest BCUT2D eigenvalue weighted by Crippen LogP contribution is 2.14. The molecule has 0 aliphatic rings. The molecule has 0 saturated carbocycles. The van der Waals surface area contributed by atoms with E-state index in [1.165, 1.54) is 5.56 Å². The minimum absolute atomic E-state index is 0.576. The van der Waals surface area contributed by atoms with E-state index in [0.717, 1.165) is 5.65 Å². The molecule has 0 fully saturated rings. The monoisotopic (exact) mass is 160 g/mol. The summed E-state index contributed by atoms with van der Waals surface area (Å²) < 4.78 is 2.02. The van der Waals surface area contributed by atoms with Crippen molar-refractivity contribution in [3.05, 3.63) is 36.3 Å². The van der Waals surface area contributed by atoms with Crippen molar-refractivity contribution in [2.45, 2.75) is 19.8 Å². The maximum Gasteiger partial charge on any atom is 0.136 e. The summed E-state index contributed by atoms with van der Waals surface area (Å²) in [7, 11) is 0. The van der Waals surface area contributed by atoms with Crippen LogP contribution in [-0.2, 0) is 0 Å². The molecular weight excluding hydrogens is 148 g/mol. The molecule has 2 nitrogen and oxygen atoms in total. The van der Waals surface area contributed by atoms with Crippen LogP contribution in [0.5, 0.6) is 0 Å². The van der Waals surface area contributed by atoms with Crippen LogP contribution >= 0.6 is 0 Å². The van der Waals surface area contributed by atoms with E-state index in [4.69, 9.17) is 0 Å². The predicted molar refractivity (Wildman–Crippen MR) is 49.3 cm³/mol. The number of imidazole rings is 1. The molecule has 2 heteroatoms. The van der Waals surface area contributed by atoms with Gasteiger partial charge in [-0.2, -0.15) is 0 Å². The molecule has 0 radical (unpaired) electrons. The van der Waals surface area contributed by atoms with Gasteiger partial charge in [0.15, 0.2) is 0 Å². The van der Waals surface area contributed by atoms with Gasteiger partial charge in [0.2, 0.25) is 0 Å². The maximum absolute atomic E-state index is 4.22. The highest BCUT2D eigenvalue weighted by atomic mass is 15.0. The van der Waals surface area contributed by atoms with Crippen molar-refractivity contribution >= 4 is 5.65 Å². The van der Waals surface area contributed by atoms with Crippen LogP contribution in [0, 0.1) is 0 Å². The highest BCUT2D eigenvalue weighted by Gasteiger charge is 1.99. The van der Waals surface area contributed by atoms with Crippen molar-refractivity contribution in [3.8, 4) is 0 Å². The second-order valence-corrected chi connectivity index (χ2v) is 3.31. The Labute approximate surface area is 71.9 Å². The Balaban J connectivity index is 2.60. The molecule has 2 aromatic rings. The van der Waals surface area contributed by atoms with Gasteiger partial charge < -0.3 is 4.40 Å². The van der Waals surface area contributed by atoms with Crippen molar-refractivity contribution < 1.29 is 0 Å². The fourth-order valence-corrected chi connectivity index (χ4v) is 1.29. The average Bonchev–Trinajstić information content (AvgIpc) is 2.49. The van der Waals surface area contributed by atoms with Crippen molar-refractivity contribution in [3.63, 3.8) is 0 Å². The molecule has 2 heterocycles. The van der Waals surface area contributed by atoms with Gasteiger partial charge in [0.1, 0.15) is 5.65 Å². The minimum atomic E-state index is 0.576. The van der Waals surface area contributed by atoms with E-state index in [0.29, 0.717) is 5.92 Å². The molecule has 62 valence electrons. The number of pyridine rings is 1. The number of hydrogen-bond donors (Lipinski definition) is 0. The van der Waals surface area contributed by atoms with Crippen LogP contribution in [0.25, 0.3) is 5.65 Å². The number of fused-ring (bicyclic) bond motifs is 1. The summed E-state index contributed by atoms with van der Waals surface area (Å²) in [4.78, 5) is 4.22. The van der Waals surface area contributed by atoms with Crippen LogP contribution in [-0.4, -0.2) is 9.38 Å². The van der Waals surface area contributed by atoms with Crippen LogP contribution < -0.4 is 0 Å². The molecule has 2 aromatic heterocycles. The number of rotatable bonds is 1. The standard InChI is InChI=1S/C10H12N2/c1-8(2)9-3-5-12-6-4-11-10(12)7-9/h3-8H,1-2H3. The van der Waals surface area contributed by atoms with Gasteiger partial charge in [0.05, 0.1) is 0 Å². The van der Waals surface area contributed by atoms with E-state index in [2.05, 4.69) is 37.2 Å². The summed E-state index contributed by atoms with van der Waals surface area (Å²) in [6.45, 7) is 4.38. The van der Waals surface area contributed by atoms with E-state index in [1.54, 1.807) is 0 Å². The Morgan fingerprint density at radius 2 is 2.17 bits per heavy atom. The molecule has 0 atom stereocenters. The average molecular weight is 160 g/mol. The largest absolute Gasteiger partial charge is 0.307 e. The lowest BCUT2D eigenvalue weighted by atomic mass is 10.1. The quantitative estimate of drug-likeness (QED) is 0.626. The Hall–Kier alpha value is -1.31. The lowest BCUT2D eigenvalue weighted by molar-refractivity contribution is 0.863. The third kappa shape index (κ3) is 1.09. The molecule has 0 aliphatic heterocycles. The van der Waals surface area contributed by atoms with Gasteiger partial charge in [-0.3, -0.25) is 0 Å². The molecular formula is C10H12N2. The summed E-state index contributed by atoms with van der Waals surface area (Å²) in [6.07, 6.45) is 5.83. The van der Waals surface area contributed by atoms with E-state index >= 15 is 0 Å². The fourth-order valence-electron chi connectivity index (χ4n) is 1.29. The summed E-state index contributed by atoms with van der Waals surface area (Å²) >= 11 is 0. The van der Waals surface area contributed by atoms with Crippen LogP contribution in [0.1, 0.15) is 25.3 Å². The van der Waals surface area contributed by atoms with Gasteiger partial charge in [0, 0.05) is 18.6 Å². The molecule has 0 N–H and O–H groups in total. The van der Waals surface area contributed by atoms with E-state index in [-0.39, 0.29) is 0 Å². The lowest BCUT2D eigenvalue weighted by Gasteiger charge is -2.04. The first-order chi connectivity index (χ1) is 5.77. The first-order valence-electron chi connectivity index (χ1n) is 4.20. The smallest absolute Gasteiger partial charge is 0.136 e. The second-order valence-electron chi connectivity index (χ2n) is 3.31. The second kappa shape index (κ2) is 2.63. The molecule has 0 aromatic carbocycles. The predicted octanol–water partition coefficient (Wildman–Crippen LogP) is 2.46.